The first kappa shape index (κ1) is 9.22. The molecule has 2 rings (SSSR count). The standard InChI is InChI=1S/C11H14BrN/c1-7-2-3-11(12)10(4-7)9-5-8(9)6-13/h2-4,8-9H,5-6,13H2,1H3/t8-,9+/m0/s1. The molecule has 2 N–H and O–H groups in total. The van der Waals surface area contributed by atoms with Crippen molar-refractivity contribution in [2.75, 3.05) is 6.54 Å². The topological polar surface area (TPSA) is 26.0 Å². The van der Waals surface area contributed by atoms with Gasteiger partial charge in [0.2, 0.25) is 0 Å². The van der Waals surface area contributed by atoms with Crippen molar-refractivity contribution in [3.05, 3.63) is 33.8 Å². The van der Waals surface area contributed by atoms with Crippen LogP contribution in [0.15, 0.2) is 22.7 Å². The molecule has 1 aromatic carbocycles. The maximum atomic E-state index is 5.63. The van der Waals surface area contributed by atoms with E-state index in [0.29, 0.717) is 5.92 Å². The van der Waals surface area contributed by atoms with Gasteiger partial charge in [-0.05, 0) is 43.4 Å². The Morgan fingerprint density at radius 3 is 2.92 bits per heavy atom. The van der Waals surface area contributed by atoms with Crippen LogP contribution in [0.3, 0.4) is 0 Å². The van der Waals surface area contributed by atoms with Gasteiger partial charge in [-0.25, -0.2) is 0 Å². The van der Waals surface area contributed by atoms with Gasteiger partial charge in [-0.3, -0.25) is 0 Å². The first-order chi connectivity index (χ1) is 6.22. The smallest absolute Gasteiger partial charge is 0.0210 e. The third kappa shape index (κ3) is 1.79. The lowest BCUT2D eigenvalue weighted by Gasteiger charge is -2.04. The van der Waals surface area contributed by atoms with Gasteiger partial charge in [0.25, 0.3) is 0 Å². The molecule has 0 unspecified atom stereocenters. The molecule has 1 fully saturated rings. The second kappa shape index (κ2) is 3.43. The lowest BCUT2D eigenvalue weighted by atomic mass is 10.1. The maximum absolute atomic E-state index is 5.63. The fraction of sp³-hybridized carbons (Fsp3) is 0.455. The molecular weight excluding hydrogens is 226 g/mol. The summed E-state index contributed by atoms with van der Waals surface area (Å²) < 4.78 is 1.24. The van der Waals surface area contributed by atoms with Crippen molar-refractivity contribution in [3.63, 3.8) is 0 Å². The molecule has 0 saturated heterocycles. The van der Waals surface area contributed by atoms with Gasteiger partial charge in [0.1, 0.15) is 0 Å². The molecule has 0 heterocycles. The number of benzene rings is 1. The van der Waals surface area contributed by atoms with E-state index in [1.54, 1.807) is 0 Å². The second-order valence-electron chi connectivity index (χ2n) is 3.86. The first-order valence-corrected chi connectivity index (χ1v) is 5.48. The van der Waals surface area contributed by atoms with Gasteiger partial charge in [-0.2, -0.15) is 0 Å². The lowest BCUT2D eigenvalue weighted by Crippen LogP contribution is -2.02. The molecule has 1 aliphatic carbocycles. The summed E-state index contributed by atoms with van der Waals surface area (Å²) in [5.74, 6) is 1.43. The Morgan fingerprint density at radius 2 is 2.31 bits per heavy atom. The minimum absolute atomic E-state index is 0.708. The molecule has 1 saturated carbocycles. The molecule has 1 aliphatic rings. The van der Waals surface area contributed by atoms with Crippen molar-refractivity contribution in [1.29, 1.82) is 0 Å². The lowest BCUT2D eigenvalue weighted by molar-refractivity contribution is 0.808. The van der Waals surface area contributed by atoms with Crippen LogP contribution < -0.4 is 5.73 Å². The van der Waals surface area contributed by atoms with Crippen LogP contribution in [0.5, 0.6) is 0 Å². The molecule has 2 heteroatoms. The molecule has 0 radical (unpaired) electrons. The van der Waals surface area contributed by atoms with E-state index in [2.05, 4.69) is 41.1 Å². The highest BCUT2D eigenvalue weighted by Gasteiger charge is 2.37. The zero-order valence-electron chi connectivity index (χ0n) is 7.76. The van der Waals surface area contributed by atoms with Gasteiger partial charge in [-0.1, -0.05) is 33.6 Å². The van der Waals surface area contributed by atoms with Crippen LogP contribution in [0.1, 0.15) is 23.5 Å². The minimum atomic E-state index is 0.708. The summed E-state index contributed by atoms with van der Waals surface area (Å²) in [6.07, 6.45) is 1.26. The van der Waals surface area contributed by atoms with E-state index in [4.69, 9.17) is 5.73 Å². The monoisotopic (exact) mass is 239 g/mol. The quantitative estimate of drug-likeness (QED) is 0.845. The van der Waals surface area contributed by atoms with Crippen LogP contribution >= 0.6 is 15.9 Å². The van der Waals surface area contributed by atoms with Crippen molar-refractivity contribution in [2.45, 2.75) is 19.3 Å². The first-order valence-electron chi connectivity index (χ1n) is 4.68. The minimum Gasteiger partial charge on any atom is -0.330 e. The zero-order chi connectivity index (χ0) is 9.42. The van der Waals surface area contributed by atoms with E-state index in [1.807, 2.05) is 0 Å². The molecule has 2 atom stereocenters. The normalized spacial score (nSPS) is 26.1. The molecule has 1 aromatic rings. The van der Waals surface area contributed by atoms with Crippen LogP contribution in [0, 0.1) is 12.8 Å². The Bertz CT molecular complexity index is 322. The predicted molar refractivity (Wildman–Crippen MR) is 58.8 cm³/mol. The Kier molecular flexibility index (Phi) is 2.43. The van der Waals surface area contributed by atoms with E-state index in [-0.39, 0.29) is 0 Å². The SMILES string of the molecule is Cc1ccc(Br)c([C@@H]2C[C@H]2CN)c1. The summed E-state index contributed by atoms with van der Waals surface area (Å²) in [7, 11) is 0. The Labute approximate surface area is 87.5 Å². The van der Waals surface area contributed by atoms with E-state index in [9.17, 15) is 0 Å². The average molecular weight is 240 g/mol. The summed E-state index contributed by atoms with van der Waals surface area (Å²) in [5.41, 5.74) is 8.41. The fourth-order valence-electron chi connectivity index (χ4n) is 1.84. The number of rotatable bonds is 2. The van der Waals surface area contributed by atoms with E-state index in [0.717, 1.165) is 12.5 Å². The molecule has 0 spiro atoms. The molecule has 0 aromatic heterocycles. The molecule has 70 valence electrons. The number of nitrogens with two attached hydrogens (primary N) is 1. The highest BCUT2D eigenvalue weighted by Crippen LogP contribution is 2.48. The summed E-state index contributed by atoms with van der Waals surface area (Å²) in [5, 5.41) is 0. The van der Waals surface area contributed by atoms with E-state index < -0.39 is 0 Å². The third-order valence-electron chi connectivity index (χ3n) is 2.78. The van der Waals surface area contributed by atoms with Gasteiger partial charge >= 0.3 is 0 Å². The number of aryl methyl sites for hydroxylation is 1. The summed E-state index contributed by atoms with van der Waals surface area (Å²) >= 11 is 3.59. The molecule has 1 nitrogen and oxygen atoms in total. The number of hydrogen-bond acceptors (Lipinski definition) is 1. The second-order valence-corrected chi connectivity index (χ2v) is 4.72. The van der Waals surface area contributed by atoms with Gasteiger partial charge in [0, 0.05) is 4.47 Å². The highest BCUT2D eigenvalue weighted by atomic mass is 79.9. The maximum Gasteiger partial charge on any atom is 0.0210 e. The largest absolute Gasteiger partial charge is 0.330 e. The van der Waals surface area contributed by atoms with Gasteiger partial charge in [0.15, 0.2) is 0 Å². The Morgan fingerprint density at radius 1 is 1.54 bits per heavy atom. The van der Waals surface area contributed by atoms with Crippen LogP contribution in [-0.2, 0) is 0 Å². The van der Waals surface area contributed by atoms with Crippen molar-refractivity contribution < 1.29 is 0 Å². The molecular formula is C11H14BrN. The van der Waals surface area contributed by atoms with Crippen LogP contribution in [0.4, 0.5) is 0 Å². The third-order valence-corrected chi connectivity index (χ3v) is 3.50. The van der Waals surface area contributed by atoms with Crippen molar-refractivity contribution >= 4 is 15.9 Å². The Balaban J connectivity index is 2.25. The van der Waals surface area contributed by atoms with Crippen LogP contribution in [-0.4, -0.2) is 6.54 Å². The predicted octanol–water partition coefficient (Wildman–Crippen LogP) is 2.82. The van der Waals surface area contributed by atoms with E-state index in [1.165, 1.54) is 22.0 Å². The molecule has 0 aliphatic heterocycles. The molecule has 0 amide bonds. The van der Waals surface area contributed by atoms with Crippen LogP contribution in [0.25, 0.3) is 0 Å². The van der Waals surface area contributed by atoms with Crippen LogP contribution in [0.2, 0.25) is 0 Å². The van der Waals surface area contributed by atoms with Crippen molar-refractivity contribution in [1.82, 2.24) is 0 Å². The number of halogens is 1. The fourth-order valence-corrected chi connectivity index (χ4v) is 2.38. The molecule has 13 heavy (non-hydrogen) atoms. The zero-order valence-corrected chi connectivity index (χ0v) is 9.34. The van der Waals surface area contributed by atoms with Crippen molar-refractivity contribution in [2.24, 2.45) is 11.7 Å². The Hall–Kier alpha value is -0.340. The highest BCUT2D eigenvalue weighted by molar-refractivity contribution is 9.10. The van der Waals surface area contributed by atoms with Gasteiger partial charge < -0.3 is 5.73 Å². The molecule has 0 bridgehead atoms. The van der Waals surface area contributed by atoms with Gasteiger partial charge in [-0.15, -0.1) is 0 Å². The van der Waals surface area contributed by atoms with Gasteiger partial charge in [0.05, 0.1) is 0 Å². The average Bonchev–Trinajstić information content (AvgIpc) is 2.88. The van der Waals surface area contributed by atoms with E-state index >= 15 is 0 Å². The summed E-state index contributed by atoms with van der Waals surface area (Å²) in [4.78, 5) is 0. The summed E-state index contributed by atoms with van der Waals surface area (Å²) in [6, 6.07) is 6.54. The van der Waals surface area contributed by atoms with Crippen molar-refractivity contribution in [3.8, 4) is 0 Å². The number of hydrogen-bond donors (Lipinski definition) is 1. The summed E-state index contributed by atoms with van der Waals surface area (Å²) in [6.45, 7) is 2.96.